The molecule has 21 heavy (non-hydrogen) atoms. The number of hydrogen-bond acceptors (Lipinski definition) is 5. The van der Waals surface area contributed by atoms with Gasteiger partial charge in [-0.3, -0.25) is 0 Å². The summed E-state index contributed by atoms with van der Waals surface area (Å²) in [6.07, 6.45) is -2.80. The third kappa shape index (κ3) is 3.30. The molecule has 0 aliphatic heterocycles. The van der Waals surface area contributed by atoms with E-state index in [0.717, 1.165) is 12.3 Å². The van der Waals surface area contributed by atoms with Gasteiger partial charge in [0.2, 0.25) is 0 Å². The van der Waals surface area contributed by atoms with Crippen molar-refractivity contribution in [2.45, 2.75) is 19.5 Å². The third-order valence-electron chi connectivity index (χ3n) is 2.72. The number of nitrogens with two attached hydrogens (primary N) is 1. The summed E-state index contributed by atoms with van der Waals surface area (Å²) < 4.78 is 39.5. The Morgan fingerprint density at radius 1 is 1.33 bits per heavy atom. The summed E-state index contributed by atoms with van der Waals surface area (Å²) in [6.45, 7) is 1.85. The second kappa shape index (κ2) is 5.81. The molecule has 2 rings (SSSR count). The Labute approximate surface area is 118 Å². The number of hydrazone groups is 1. The van der Waals surface area contributed by atoms with Crippen molar-refractivity contribution in [2.24, 2.45) is 5.10 Å². The van der Waals surface area contributed by atoms with Gasteiger partial charge in [0.1, 0.15) is 0 Å². The van der Waals surface area contributed by atoms with Crippen molar-refractivity contribution in [3.05, 3.63) is 41.2 Å². The zero-order valence-corrected chi connectivity index (χ0v) is 11.1. The average molecular weight is 298 g/mol. The van der Waals surface area contributed by atoms with Gasteiger partial charge in [-0.1, -0.05) is 25.1 Å². The molecule has 0 unspecified atom stereocenters. The standard InChI is InChI=1S/C12H13F3N6/c1-2-10-18-20-11(21(10)16)19-17-7-8-5-3-4-6-9(8)12(13,14)15/h3-7H,2,16H2,1H3,(H,19,20). The number of nitrogen functional groups attached to an aromatic ring is 1. The number of hydrogen-bond donors (Lipinski definition) is 2. The highest BCUT2D eigenvalue weighted by molar-refractivity contribution is 5.82. The van der Waals surface area contributed by atoms with Crippen LogP contribution in [0.3, 0.4) is 0 Å². The van der Waals surface area contributed by atoms with E-state index >= 15 is 0 Å². The average Bonchev–Trinajstić information content (AvgIpc) is 2.79. The van der Waals surface area contributed by atoms with E-state index in [-0.39, 0.29) is 11.5 Å². The molecule has 1 aromatic carbocycles. The van der Waals surface area contributed by atoms with Crippen molar-refractivity contribution in [2.75, 3.05) is 11.3 Å². The molecule has 0 saturated carbocycles. The molecule has 0 atom stereocenters. The van der Waals surface area contributed by atoms with Gasteiger partial charge in [0.05, 0.1) is 11.8 Å². The lowest BCUT2D eigenvalue weighted by atomic mass is 10.1. The number of aryl methyl sites for hydroxylation is 1. The van der Waals surface area contributed by atoms with Gasteiger partial charge >= 0.3 is 6.18 Å². The van der Waals surface area contributed by atoms with Crippen molar-refractivity contribution in [3.8, 4) is 0 Å². The number of anilines is 1. The zero-order valence-electron chi connectivity index (χ0n) is 11.1. The number of nitrogens with zero attached hydrogens (tertiary/aromatic N) is 4. The van der Waals surface area contributed by atoms with Gasteiger partial charge in [-0.25, -0.2) is 10.1 Å². The van der Waals surface area contributed by atoms with E-state index in [1.165, 1.54) is 22.9 Å². The maximum Gasteiger partial charge on any atom is 0.417 e. The molecule has 0 fully saturated rings. The summed E-state index contributed by atoms with van der Waals surface area (Å²) in [5.41, 5.74) is 1.64. The van der Waals surface area contributed by atoms with Crippen LogP contribution in [-0.4, -0.2) is 21.1 Å². The van der Waals surface area contributed by atoms with Crippen LogP contribution in [0.15, 0.2) is 29.4 Å². The minimum Gasteiger partial charge on any atom is -0.335 e. The molecule has 0 spiro atoms. The minimum atomic E-state index is -4.44. The molecule has 0 radical (unpaired) electrons. The number of rotatable bonds is 4. The normalized spacial score (nSPS) is 12.0. The fraction of sp³-hybridized carbons (Fsp3) is 0.250. The van der Waals surface area contributed by atoms with Crippen LogP contribution < -0.4 is 11.3 Å². The minimum absolute atomic E-state index is 0.0590. The van der Waals surface area contributed by atoms with Gasteiger partial charge in [0.25, 0.3) is 5.95 Å². The van der Waals surface area contributed by atoms with E-state index < -0.39 is 11.7 Å². The first-order valence-electron chi connectivity index (χ1n) is 6.08. The van der Waals surface area contributed by atoms with E-state index in [9.17, 15) is 13.2 Å². The van der Waals surface area contributed by atoms with Crippen molar-refractivity contribution < 1.29 is 13.2 Å². The molecule has 0 bridgehead atoms. The first-order valence-corrected chi connectivity index (χ1v) is 6.08. The first kappa shape index (κ1) is 14.8. The van der Waals surface area contributed by atoms with Crippen molar-refractivity contribution in [1.82, 2.24) is 14.9 Å². The molecule has 0 saturated heterocycles. The molecule has 3 N–H and O–H groups in total. The number of benzene rings is 1. The summed E-state index contributed by atoms with van der Waals surface area (Å²) in [7, 11) is 0. The summed E-state index contributed by atoms with van der Waals surface area (Å²) in [6, 6.07) is 5.12. The lowest BCUT2D eigenvalue weighted by Gasteiger charge is -2.09. The fourth-order valence-electron chi connectivity index (χ4n) is 1.67. The van der Waals surface area contributed by atoms with E-state index in [1.807, 2.05) is 6.92 Å². The molecule has 0 amide bonds. The molecule has 9 heteroatoms. The largest absolute Gasteiger partial charge is 0.417 e. The summed E-state index contributed by atoms with van der Waals surface area (Å²) in [4.78, 5) is 0. The fourth-order valence-corrected chi connectivity index (χ4v) is 1.67. The van der Waals surface area contributed by atoms with Crippen LogP contribution in [0.4, 0.5) is 19.1 Å². The van der Waals surface area contributed by atoms with E-state index in [1.54, 1.807) is 0 Å². The van der Waals surface area contributed by atoms with Gasteiger partial charge in [-0.2, -0.15) is 18.3 Å². The predicted octanol–water partition coefficient (Wildman–Crippen LogP) is 2.02. The Balaban J connectivity index is 2.17. The van der Waals surface area contributed by atoms with Crippen molar-refractivity contribution >= 4 is 12.2 Å². The van der Waals surface area contributed by atoms with Crippen LogP contribution in [0.1, 0.15) is 23.9 Å². The maximum absolute atomic E-state index is 12.8. The lowest BCUT2D eigenvalue weighted by Crippen LogP contribution is -2.15. The summed E-state index contributed by atoms with van der Waals surface area (Å²) in [5.74, 6) is 6.34. The van der Waals surface area contributed by atoms with E-state index in [0.29, 0.717) is 12.2 Å². The van der Waals surface area contributed by atoms with E-state index in [2.05, 4.69) is 20.7 Å². The summed E-state index contributed by atoms with van der Waals surface area (Å²) in [5, 5.41) is 11.2. The SMILES string of the molecule is CCc1nnc(NN=Cc2ccccc2C(F)(F)F)n1N. The Bertz CT molecular complexity index is 647. The zero-order chi connectivity index (χ0) is 15.5. The van der Waals surface area contributed by atoms with Crippen LogP contribution in [0.5, 0.6) is 0 Å². The molecule has 2 aromatic rings. The second-order valence-corrected chi connectivity index (χ2v) is 4.12. The second-order valence-electron chi connectivity index (χ2n) is 4.12. The third-order valence-corrected chi connectivity index (χ3v) is 2.72. The Kier molecular flexibility index (Phi) is 4.10. The molecule has 0 aliphatic carbocycles. The monoisotopic (exact) mass is 298 g/mol. The van der Waals surface area contributed by atoms with Gasteiger partial charge in [0, 0.05) is 12.0 Å². The quantitative estimate of drug-likeness (QED) is 0.514. The van der Waals surface area contributed by atoms with Gasteiger partial charge in [-0.15, -0.1) is 10.2 Å². The first-order chi connectivity index (χ1) is 9.93. The van der Waals surface area contributed by atoms with Gasteiger partial charge in [-0.05, 0) is 6.07 Å². The molecule has 0 aliphatic rings. The van der Waals surface area contributed by atoms with Crippen molar-refractivity contribution in [3.63, 3.8) is 0 Å². The maximum atomic E-state index is 12.8. The highest BCUT2D eigenvalue weighted by atomic mass is 19.4. The number of aromatic nitrogens is 3. The molecule has 1 heterocycles. The molecule has 1 aromatic heterocycles. The van der Waals surface area contributed by atoms with Crippen LogP contribution in [-0.2, 0) is 12.6 Å². The predicted molar refractivity (Wildman–Crippen MR) is 72.2 cm³/mol. The number of nitrogens with one attached hydrogen (secondary N) is 1. The van der Waals surface area contributed by atoms with Crippen molar-refractivity contribution in [1.29, 1.82) is 0 Å². The topological polar surface area (TPSA) is 81.1 Å². The highest BCUT2D eigenvalue weighted by Gasteiger charge is 2.32. The summed E-state index contributed by atoms with van der Waals surface area (Å²) >= 11 is 0. The van der Waals surface area contributed by atoms with Crippen LogP contribution in [0.25, 0.3) is 0 Å². The molecule has 6 nitrogen and oxygen atoms in total. The van der Waals surface area contributed by atoms with Crippen LogP contribution >= 0.6 is 0 Å². The highest BCUT2D eigenvalue weighted by Crippen LogP contribution is 2.31. The molecular formula is C12H13F3N6. The Morgan fingerprint density at radius 3 is 2.67 bits per heavy atom. The van der Waals surface area contributed by atoms with Gasteiger partial charge in [0.15, 0.2) is 5.82 Å². The van der Waals surface area contributed by atoms with Gasteiger partial charge < -0.3 is 5.84 Å². The smallest absolute Gasteiger partial charge is 0.335 e. The lowest BCUT2D eigenvalue weighted by molar-refractivity contribution is -0.137. The van der Waals surface area contributed by atoms with Crippen LogP contribution in [0, 0.1) is 0 Å². The Hall–Kier alpha value is -2.58. The van der Waals surface area contributed by atoms with Crippen LogP contribution in [0.2, 0.25) is 0 Å². The number of halogens is 3. The molecular weight excluding hydrogens is 285 g/mol. The number of alkyl halides is 3. The Morgan fingerprint density at radius 2 is 2.05 bits per heavy atom. The molecule has 112 valence electrons. The van der Waals surface area contributed by atoms with E-state index in [4.69, 9.17) is 5.84 Å².